The summed E-state index contributed by atoms with van der Waals surface area (Å²) in [6, 6.07) is 10.5. The lowest BCUT2D eigenvalue weighted by atomic mass is 10.0. The highest BCUT2D eigenvalue weighted by Gasteiger charge is 2.17. The van der Waals surface area contributed by atoms with E-state index >= 15 is 0 Å². The minimum absolute atomic E-state index is 0.113. The summed E-state index contributed by atoms with van der Waals surface area (Å²) in [7, 11) is 0. The van der Waals surface area contributed by atoms with Gasteiger partial charge in [0.25, 0.3) is 5.69 Å². The summed E-state index contributed by atoms with van der Waals surface area (Å²) < 4.78 is 10.8. The maximum Gasteiger partial charge on any atom is 0.270 e. The van der Waals surface area contributed by atoms with Gasteiger partial charge in [-0.25, -0.2) is 0 Å². The van der Waals surface area contributed by atoms with Crippen LogP contribution in [0.25, 0.3) is 0 Å². The zero-order valence-electron chi connectivity index (χ0n) is 10.9. The minimum atomic E-state index is -0.527. The summed E-state index contributed by atoms with van der Waals surface area (Å²) in [5.74, 6) is 0.810. The molecule has 0 unspecified atom stereocenters. The summed E-state index contributed by atoms with van der Waals surface area (Å²) in [6.07, 6.45) is 0. The van der Waals surface area contributed by atoms with E-state index in [-0.39, 0.29) is 17.0 Å². The number of nitrogens with zero attached hydrogens (tertiary/aromatic N) is 1. The molecular weight excluding hydrogens is 274 g/mol. The summed E-state index contributed by atoms with van der Waals surface area (Å²) in [4.78, 5) is 22.6. The van der Waals surface area contributed by atoms with E-state index in [9.17, 15) is 14.9 Å². The predicted octanol–water partition coefficient (Wildman–Crippen LogP) is 2.60. The molecule has 0 aliphatic carbocycles. The molecule has 2 aromatic carbocycles. The second-order valence-corrected chi connectivity index (χ2v) is 4.49. The molecule has 0 N–H and O–H groups in total. The van der Waals surface area contributed by atoms with Crippen LogP contribution in [0.5, 0.6) is 11.5 Å². The fourth-order valence-corrected chi connectivity index (χ4v) is 2.11. The molecule has 0 spiro atoms. The Bertz CT molecular complexity index is 726. The van der Waals surface area contributed by atoms with Crippen molar-refractivity contribution in [1.29, 1.82) is 0 Å². The third kappa shape index (κ3) is 2.55. The molecule has 0 fully saturated rings. The lowest BCUT2D eigenvalue weighted by molar-refractivity contribution is -0.384. The van der Waals surface area contributed by atoms with Crippen LogP contribution in [0.4, 0.5) is 5.69 Å². The number of non-ortho nitro benzene ring substituents is 1. The smallest absolute Gasteiger partial charge is 0.270 e. The van der Waals surface area contributed by atoms with Gasteiger partial charge < -0.3 is 9.47 Å². The molecule has 6 heteroatoms. The molecule has 21 heavy (non-hydrogen) atoms. The lowest BCUT2D eigenvalue weighted by Crippen LogP contribution is -2.15. The van der Waals surface area contributed by atoms with Gasteiger partial charge in [-0.3, -0.25) is 14.9 Å². The zero-order valence-corrected chi connectivity index (χ0v) is 10.9. The van der Waals surface area contributed by atoms with Gasteiger partial charge in [0, 0.05) is 23.3 Å². The molecule has 0 radical (unpaired) electrons. The van der Waals surface area contributed by atoms with E-state index in [1.54, 1.807) is 24.3 Å². The van der Waals surface area contributed by atoms with Crippen LogP contribution in [0.3, 0.4) is 0 Å². The zero-order chi connectivity index (χ0) is 14.8. The van der Waals surface area contributed by atoms with Crippen molar-refractivity contribution in [1.82, 2.24) is 0 Å². The maximum absolute atomic E-state index is 12.4. The largest absolute Gasteiger partial charge is 0.486 e. The van der Waals surface area contributed by atoms with Crippen molar-refractivity contribution in [2.45, 2.75) is 0 Å². The minimum Gasteiger partial charge on any atom is -0.486 e. The van der Waals surface area contributed by atoms with E-state index in [1.165, 1.54) is 18.2 Å². The molecule has 1 aliphatic rings. The Hall–Kier alpha value is -2.89. The van der Waals surface area contributed by atoms with Crippen LogP contribution in [0, 0.1) is 10.1 Å². The molecule has 6 nitrogen and oxygen atoms in total. The first-order valence-corrected chi connectivity index (χ1v) is 6.34. The Kier molecular flexibility index (Phi) is 3.27. The van der Waals surface area contributed by atoms with Crippen molar-refractivity contribution in [3.63, 3.8) is 0 Å². The summed E-state index contributed by atoms with van der Waals surface area (Å²) in [5.41, 5.74) is 0.555. The van der Waals surface area contributed by atoms with Gasteiger partial charge in [0.2, 0.25) is 0 Å². The highest BCUT2D eigenvalue weighted by Crippen LogP contribution is 2.31. The average Bonchev–Trinajstić information content (AvgIpc) is 2.53. The first kappa shape index (κ1) is 13.1. The van der Waals surface area contributed by atoms with Crippen LogP contribution in [-0.4, -0.2) is 23.9 Å². The topological polar surface area (TPSA) is 78.7 Å². The predicted molar refractivity (Wildman–Crippen MR) is 74.0 cm³/mol. The molecule has 0 saturated heterocycles. The van der Waals surface area contributed by atoms with Crippen LogP contribution >= 0.6 is 0 Å². The second-order valence-electron chi connectivity index (χ2n) is 4.49. The summed E-state index contributed by atoms with van der Waals surface area (Å²) in [6.45, 7) is 0.909. The quantitative estimate of drug-likeness (QED) is 0.492. The van der Waals surface area contributed by atoms with Gasteiger partial charge in [0.05, 0.1) is 4.92 Å². The number of nitro groups is 1. The SMILES string of the molecule is O=C(c1cccc([N+](=O)[O-])c1)c1ccc2c(c1)OCCO2. The molecule has 2 aromatic rings. The average molecular weight is 285 g/mol. The van der Waals surface area contributed by atoms with Crippen molar-refractivity contribution in [2.24, 2.45) is 0 Å². The number of hydrogen-bond acceptors (Lipinski definition) is 5. The fourth-order valence-electron chi connectivity index (χ4n) is 2.11. The van der Waals surface area contributed by atoms with E-state index in [1.807, 2.05) is 0 Å². The molecular formula is C15H11NO5. The number of ketones is 1. The van der Waals surface area contributed by atoms with Gasteiger partial charge in [-0.2, -0.15) is 0 Å². The maximum atomic E-state index is 12.4. The molecule has 0 aromatic heterocycles. The Morgan fingerprint density at radius 3 is 2.48 bits per heavy atom. The van der Waals surface area contributed by atoms with Gasteiger partial charge in [-0.05, 0) is 18.2 Å². The van der Waals surface area contributed by atoms with E-state index in [0.29, 0.717) is 30.3 Å². The summed E-state index contributed by atoms with van der Waals surface area (Å²) >= 11 is 0. The van der Waals surface area contributed by atoms with E-state index in [2.05, 4.69) is 0 Å². The number of benzene rings is 2. The van der Waals surface area contributed by atoms with Gasteiger partial charge in [0.15, 0.2) is 17.3 Å². The van der Waals surface area contributed by atoms with Gasteiger partial charge >= 0.3 is 0 Å². The number of hydrogen-bond donors (Lipinski definition) is 0. The summed E-state index contributed by atoms with van der Waals surface area (Å²) in [5, 5.41) is 10.8. The van der Waals surface area contributed by atoms with E-state index in [4.69, 9.17) is 9.47 Å². The Morgan fingerprint density at radius 1 is 1.00 bits per heavy atom. The molecule has 0 bridgehead atoms. The van der Waals surface area contributed by atoms with Crippen LogP contribution < -0.4 is 9.47 Å². The Morgan fingerprint density at radius 2 is 1.71 bits per heavy atom. The number of carbonyl (C=O) groups is 1. The van der Waals surface area contributed by atoms with Gasteiger partial charge in [0.1, 0.15) is 13.2 Å². The number of ether oxygens (including phenoxy) is 2. The molecule has 106 valence electrons. The van der Waals surface area contributed by atoms with Crippen LogP contribution in [0.15, 0.2) is 42.5 Å². The number of fused-ring (bicyclic) bond motifs is 1. The van der Waals surface area contributed by atoms with Crippen molar-refractivity contribution in [3.8, 4) is 11.5 Å². The number of rotatable bonds is 3. The third-order valence-electron chi connectivity index (χ3n) is 3.12. The molecule has 1 aliphatic heterocycles. The van der Waals surface area contributed by atoms with Crippen molar-refractivity contribution in [3.05, 3.63) is 63.7 Å². The Labute approximate surface area is 120 Å². The second kappa shape index (κ2) is 5.24. The fraction of sp³-hybridized carbons (Fsp3) is 0.133. The number of carbonyl (C=O) groups excluding carboxylic acids is 1. The normalized spacial score (nSPS) is 12.8. The first-order valence-electron chi connectivity index (χ1n) is 6.34. The lowest BCUT2D eigenvalue weighted by Gasteiger charge is -2.18. The third-order valence-corrected chi connectivity index (χ3v) is 3.12. The molecule has 0 saturated carbocycles. The van der Waals surface area contributed by atoms with Crippen LogP contribution in [-0.2, 0) is 0 Å². The molecule has 1 heterocycles. The van der Waals surface area contributed by atoms with Gasteiger partial charge in [-0.15, -0.1) is 0 Å². The van der Waals surface area contributed by atoms with Crippen LogP contribution in [0.2, 0.25) is 0 Å². The van der Waals surface area contributed by atoms with E-state index < -0.39 is 4.92 Å². The van der Waals surface area contributed by atoms with Crippen LogP contribution in [0.1, 0.15) is 15.9 Å². The Balaban J connectivity index is 1.95. The van der Waals surface area contributed by atoms with Gasteiger partial charge in [-0.1, -0.05) is 12.1 Å². The number of nitro benzene ring substituents is 1. The first-order chi connectivity index (χ1) is 10.1. The standard InChI is InChI=1S/C15H11NO5/c17-15(10-2-1-3-12(8-10)16(18)19)11-4-5-13-14(9-11)21-7-6-20-13/h1-5,8-9H,6-7H2. The van der Waals surface area contributed by atoms with Crippen molar-refractivity contribution < 1.29 is 19.2 Å². The van der Waals surface area contributed by atoms with Crippen molar-refractivity contribution >= 4 is 11.5 Å². The molecule has 3 rings (SSSR count). The monoisotopic (exact) mass is 285 g/mol. The van der Waals surface area contributed by atoms with Crippen molar-refractivity contribution in [2.75, 3.05) is 13.2 Å². The highest BCUT2D eigenvalue weighted by atomic mass is 16.6. The highest BCUT2D eigenvalue weighted by molar-refractivity contribution is 6.09. The molecule has 0 atom stereocenters. The van der Waals surface area contributed by atoms with E-state index in [0.717, 1.165) is 0 Å². The molecule has 0 amide bonds.